The minimum Gasteiger partial charge on any atom is -0.403 e. The van der Waals surface area contributed by atoms with Gasteiger partial charge in [-0.1, -0.05) is 17.7 Å². The summed E-state index contributed by atoms with van der Waals surface area (Å²) in [5, 5.41) is 2.48. The smallest absolute Gasteiger partial charge is 0.278 e. The fourth-order valence-electron chi connectivity index (χ4n) is 2.00. The third-order valence-corrected chi connectivity index (χ3v) is 3.61. The molecule has 1 aromatic carbocycles. The molecule has 8 nitrogen and oxygen atoms in total. The Balaban J connectivity index is 2.13. The number of aliphatic imine (C=N–C) groups is 1. The summed E-state index contributed by atoms with van der Waals surface area (Å²) in [6, 6.07) is 3.70. The molecule has 1 amide bonds. The van der Waals surface area contributed by atoms with Crippen LogP contribution in [0.25, 0.3) is 0 Å². The van der Waals surface area contributed by atoms with Crippen LogP contribution in [0.5, 0.6) is 0 Å². The van der Waals surface area contributed by atoms with Gasteiger partial charge in [-0.3, -0.25) is 9.79 Å². The first kappa shape index (κ1) is 19.3. The number of allylic oxidation sites excluding steroid dienone is 1. The minimum atomic E-state index is -0.590. The second-order valence-electron chi connectivity index (χ2n) is 5.07. The van der Waals surface area contributed by atoms with Gasteiger partial charge in [-0.15, -0.1) is 0 Å². The highest BCUT2D eigenvalue weighted by molar-refractivity contribution is 6.30. The van der Waals surface area contributed by atoms with Crippen LogP contribution in [0.1, 0.15) is 22.1 Å². The Kier molecular flexibility index (Phi) is 6.59. The van der Waals surface area contributed by atoms with E-state index in [1.54, 1.807) is 0 Å². The predicted octanol–water partition coefficient (Wildman–Crippen LogP) is 1.15. The molecule has 0 spiro atoms. The van der Waals surface area contributed by atoms with Gasteiger partial charge < -0.3 is 22.5 Å². The molecule has 1 aromatic heterocycles. The maximum atomic E-state index is 13.3. The highest BCUT2D eigenvalue weighted by Gasteiger charge is 2.14. The van der Waals surface area contributed by atoms with Crippen molar-refractivity contribution in [1.29, 1.82) is 0 Å². The summed E-state index contributed by atoms with van der Waals surface area (Å²) in [4.78, 5) is 24.1. The molecular formula is C16H17ClFN7O. The summed E-state index contributed by atoms with van der Waals surface area (Å²) in [6.07, 6.45) is 5.19. The number of carbonyl (C=O) groups excluding carboxylic acids is 1. The van der Waals surface area contributed by atoms with E-state index < -0.39 is 17.8 Å². The number of benzene rings is 1. The van der Waals surface area contributed by atoms with Gasteiger partial charge in [-0.2, -0.15) is 0 Å². The fourth-order valence-corrected chi connectivity index (χ4v) is 2.19. The quantitative estimate of drug-likeness (QED) is 0.555. The topological polar surface area (TPSA) is 145 Å². The zero-order valence-electron chi connectivity index (χ0n) is 13.6. The molecule has 0 aliphatic heterocycles. The average molecular weight is 378 g/mol. The lowest BCUT2D eigenvalue weighted by Crippen LogP contribution is -2.26. The van der Waals surface area contributed by atoms with Crippen molar-refractivity contribution in [1.82, 2.24) is 15.3 Å². The maximum absolute atomic E-state index is 13.3. The number of nitrogens with two attached hydrogens (primary N) is 3. The van der Waals surface area contributed by atoms with E-state index in [-0.39, 0.29) is 28.8 Å². The van der Waals surface area contributed by atoms with Crippen LogP contribution in [0.4, 0.5) is 10.2 Å². The Morgan fingerprint density at radius 3 is 2.73 bits per heavy atom. The van der Waals surface area contributed by atoms with Gasteiger partial charge in [0.15, 0.2) is 11.5 Å². The average Bonchev–Trinajstić information content (AvgIpc) is 2.64. The van der Waals surface area contributed by atoms with Crippen molar-refractivity contribution in [3.8, 4) is 0 Å². The van der Waals surface area contributed by atoms with E-state index in [1.807, 2.05) is 0 Å². The van der Waals surface area contributed by atoms with Gasteiger partial charge in [0, 0.05) is 31.4 Å². The number of halogens is 2. The van der Waals surface area contributed by atoms with E-state index in [9.17, 15) is 9.18 Å². The summed E-state index contributed by atoms with van der Waals surface area (Å²) in [6.45, 7) is 0.140. The molecule has 0 saturated carbocycles. The predicted molar refractivity (Wildman–Crippen MR) is 97.9 cm³/mol. The van der Waals surface area contributed by atoms with Crippen molar-refractivity contribution in [3.63, 3.8) is 0 Å². The first-order chi connectivity index (χ1) is 12.5. The van der Waals surface area contributed by atoms with E-state index in [0.29, 0.717) is 5.56 Å². The van der Waals surface area contributed by atoms with Crippen molar-refractivity contribution >= 4 is 29.5 Å². The molecule has 0 fully saturated rings. The van der Waals surface area contributed by atoms with Gasteiger partial charge in [0.2, 0.25) is 0 Å². The SMILES string of the molecule is N/C=C(\C=NC(CN)c1ccc(F)c(Cl)c1)NC(=O)c1nccnc1N. The summed E-state index contributed by atoms with van der Waals surface area (Å²) in [7, 11) is 0. The third kappa shape index (κ3) is 4.74. The number of aromatic nitrogens is 2. The van der Waals surface area contributed by atoms with Crippen molar-refractivity contribution in [2.45, 2.75) is 6.04 Å². The van der Waals surface area contributed by atoms with Crippen molar-refractivity contribution in [3.05, 3.63) is 64.6 Å². The van der Waals surface area contributed by atoms with Gasteiger partial charge in [-0.25, -0.2) is 14.4 Å². The molecular weight excluding hydrogens is 361 g/mol. The molecule has 0 aliphatic rings. The molecule has 1 unspecified atom stereocenters. The highest BCUT2D eigenvalue weighted by Crippen LogP contribution is 2.22. The van der Waals surface area contributed by atoms with Gasteiger partial charge >= 0.3 is 0 Å². The normalized spacial score (nSPS) is 13.0. The number of nitrogens with one attached hydrogen (secondary N) is 1. The van der Waals surface area contributed by atoms with E-state index in [4.69, 9.17) is 28.8 Å². The number of hydrogen-bond donors (Lipinski definition) is 4. The van der Waals surface area contributed by atoms with Crippen LogP contribution in [0.3, 0.4) is 0 Å². The van der Waals surface area contributed by atoms with Crippen LogP contribution in [0, 0.1) is 5.82 Å². The molecule has 1 atom stereocenters. The second-order valence-corrected chi connectivity index (χ2v) is 5.48. The van der Waals surface area contributed by atoms with Crippen molar-refractivity contribution in [2.24, 2.45) is 16.5 Å². The van der Waals surface area contributed by atoms with Crippen LogP contribution < -0.4 is 22.5 Å². The van der Waals surface area contributed by atoms with Gasteiger partial charge in [0.1, 0.15) is 5.82 Å². The monoisotopic (exact) mass is 377 g/mol. The number of nitrogen functional groups attached to an aromatic ring is 1. The lowest BCUT2D eigenvalue weighted by Gasteiger charge is -2.12. The lowest BCUT2D eigenvalue weighted by molar-refractivity contribution is 0.0963. The summed E-state index contributed by atoms with van der Waals surface area (Å²) < 4.78 is 13.3. The van der Waals surface area contributed by atoms with Crippen LogP contribution in [-0.2, 0) is 0 Å². The van der Waals surface area contributed by atoms with E-state index >= 15 is 0 Å². The number of nitrogens with zero attached hydrogens (tertiary/aromatic N) is 3. The Morgan fingerprint density at radius 1 is 1.38 bits per heavy atom. The largest absolute Gasteiger partial charge is 0.403 e. The van der Waals surface area contributed by atoms with Crippen LogP contribution in [0.2, 0.25) is 5.02 Å². The number of carbonyl (C=O) groups is 1. The minimum absolute atomic E-state index is 0.0147. The maximum Gasteiger partial charge on any atom is 0.278 e. The second kappa shape index (κ2) is 8.88. The molecule has 7 N–H and O–H groups in total. The zero-order valence-corrected chi connectivity index (χ0v) is 14.3. The number of hydrogen-bond acceptors (Lipinski definition) is 7. The molecule has 2 aromatic rings. The van der Waals surface area contributed by atoms with Crippen molar-refractivity contribution in [2.75, 3.05) is 12.3 Å². The molecule has 0 aliphatic carbocycles. The first-order valence-electron chi connectivity index (χ1n) is 7.44. The molecule has 136 valence electrons. The summed E-state index contributed by atoms with van der Waals surface area (Å²) >= 11 is 5.78. The first-order valence-corrected chi connectivity index (χ1v) is 7.82. The molecule has 26 heavy (non-hydrogen) atoms. The Labute approximate surface area is 154 Å². The molecule has 10 heteroatoms. The molecule has 2 rings (SSSR count). The van der Waals surface area contributed by atoms with E-state index in [2.05, 4.69) is 20.3 Å². The third-order valence-electron chi connectivity index (χ3n) is 3.32. The molecule has 0 saturated heterocycles. The number of amides is 1. The van der Waals surface area contributed by atoms with Gasteiger partial charge in [0.05, 0.1) is 16.8 Å². The fraction of sp³-hybridized carbons (Fsp3) is 0.125. The summed E-state index contributed by atoms with van der Waals surface area (Å²) in [5.74, 6) is -1.14. The van der Waals surface area contributed by atoms with E-state index in [0.717, 1.165) is 6.20 Å². The Morgan fingerprint density at radius 2 is 2.12 bits per heavy atom. The highest BCUT2D eigenvalue weighted by atomic mass is 35.5. The molecule has 1 heterocycles. The number of rotatable bonds is 6. The Bertz CT molecular complexity index is 856. The van der Waals surface area contributed by atoms with E-state index in [1.165, 1.54) is 36.8 Å². The number of anilines is 1. The molecule has 0 radical (unpaired) electrons. The van der Waals surface area contributed by atoms with Crippen LogP contribution in [-0.4, -0.2) is 28.6 Å². The van der Waals surface area contributed by atoms with Gasteiger partial charge in [0.25, 0.3) is 5.91 Å². The lowest BCUT2D eigenvalue weighted by atomic mass is 10.1. The summed E-state index contributed by atoms with van der Waals surface area (Å²) in [5.41, 5.74) is 17.6. The van der Waals surface area contributed by atoms with Crippen LogP contribution >= 0.6 is 11.6 Å². The standard InChI is InChI=1S/C16H17ClFN7O/c17-11-5-9(1-2-12(11)18)13(7-20)24-8-10(6-19)25-16(26)14-15(21)23-4-3-22-14/h1-6,8,13H,7,19-20H2,(H2,21,23)(H,25,26)/b10-6+,24-8?. The van der Waals surface area contributed by atoms with Crippen LogP contribution in [0.15, 0.2) is 47.5 Å². The van der Waals surface area contributed by atoms with Crippen molar-refractivity contribution < 1.29 is 9.18 Å². The van der Waals surface area contributed by atoms with Gasteiger partial charge in [-0.05, 0) is 17.7 Å². The Hall–Kier alpha value is -3.04. The zero-order chi connectivity index (χ0) is 19.1. The molecule has 0 bridgehead atoms.